The van der Waals surface area contributed by atoms with Crippen LogP contribution in [0.25, 0.3) is 10.6 Å². The molecule has 2 aromatic carbocycles. The van der Waals surface area contributed by atoms with Crippen molar-refractivity contribution in [1.29, 1.82) is 0 Å². The topological polar surface area (TPSA) is 68.3 Å². The van der Waals surface area contributed by atoms with Crippen molar-refractivity contribution in [2.45, 2.75) is 26.9 Å². The van der Waals surface area contributed by atoms with Gasteiger partial charge in [0.05, 0.1) is 10.6 Å². The van der Waals surface area contributed by atoms with E-state index in [-0.39, 0.29) is 11.7 Å². The predicted octanol–water partition coefficient (Wildman–Crippen LogP) is 5.38. The first kappa shape index (κ1) is 20.0. The quantitative estimate of drug-likeness (QED) is 0.550. The van der Waals surface area contributed by atoms with Gasteiger partial charge in [-0.05, 0) is 56.3 Å². The molecule has 0 bridgehead atoms. The first-order valence-corrected chi connectivity index (χ1v) is 9.85. The van der Waals surface area contributed by atoms with E-state index in [1.165, 1.54) is 18.3 Å². The van der Waals surface area contributed by atoms with Crippen molar-refractivity contribution >= 4 is 40.3 Å². The van der Waals surface area contributed by atoms with Crippen LogP contribution < -0.4 is 10.1 Å². The Morgan fingerprint density at radius 1 is 1.18 bits per heavy atom. The van der Waals surface area contributed by atoms with E-state index in [0.29, 0.717) is 21.3 Å². The second-order valence-corrected chi connectivity index (χ2v) is 7.71. The van der Waals surface area contributed by atoms with Crippen LogP contribution in [-0.2, 0) is 4.79 Å². The van der Waals surface area contributed by atoms with Gasteiger partial charge >= 0.3 is 0 Å². The average Bonchev–Trinajstić information content (AvgIpc) is 3.04. The molecule has 1 aromatic heterocycles. The Labute approximate surface area is 172 Å². The van der Waals surface area contributed by atoms with Gasteiger partial charge in [-0.3, -0.25) is 9.59 Å². The summed E-state index contributed by atoms with van der Waals surface area (Å²) in [5.41, 5.74) is 2.24. The van der Waals surface area contributed by atoms with Crippen LogP contribution in [-0.4, -0.2) is 22.8 Å². The standard InChI is InChI=1S/C21H19ClN2O3S/c1-12-19(13(2)25)28-21(23-12)15-7-9-18(10-8-15)27-14(3)20(26)24-17-6-4-5-16(22)11-17/h4-11,14H,1-3H3,(H,24,26)/t14-/m0/s1. The molecule has 0 radical (unpaired) electrons. The third kappa shape index (κ3) is 4.77. The number of carbonyl (C=O) groups excluding carboxylic acids is 2. The summed E-state index contributed by atoms with van der Waals surface area (Å²) in [7, 11) is 0. The monoisotopic (exact) mass is 414 g/mol. The highest BCUT2D eigenvalue weighted by molar-refractivity contribution is 7.17. The highest BCUT2D eigenvalue weighted by Gasteiger charge is 2.16. The van der Waals surface area contributed by atoms with E-state index in [0.717, 1.165) is 16.3 Å². The molecule has 0 aliphatic carbocycles. The molecule has 7 heteroatoms. The number of hydrogen-bond donors (Lipinski definition) is 1. The van der Waals surface area contributed by atoms with Crippen LogP contribution in [0.5, 0.6) is 5.75 Å². The van der Waals surface area contributed by atoms with Crippen molar-refractivity contribution in [2.24, 2.45) is 0 Å². The molecule has 1 heterocycles. The number of hydrogen-bond acceptors (Lipinski definition) is 5. The maximum Gasteiger partial charge on any atom is 0.265 e. The smallest absolute Gasteiger partial charge is 0.265 e. The molecule has 1 amide bonds. The third-order valence-electron chi connectivity index (χ3n) is 3.99. The Bertz CT molecular complexity index is 1010. The number of aromatic nitrogens is 1. The molecular formula is C21H19ClN2O3S. The minimum atomic E-state index is -0.684. The fourth-order valence-corrected chi connectivity index (χ4v) is 3.75. The van der Waals surface area contributed by atoms with Crippen LogP contribution in [0.3, 0.4) is 0 Å². The zero-order chi connectivity index (χ0) is 20.3. The molecule has 144 valence electrons. The van der Waals surface area contributed by atoms with Crippen molar-refractivity contribution in [1.82, 2.24) is 4.98 Å². The molecule has 0 spiro atoms. The van der Waals surface area contributed by atoms with Crippen molar-refractivity contribution in [2.75, 3.05) is 5.32 Å². The van der Waals surface area contributed by atoms with Gasteiger partial charge in [0.15, 0.2) is 11.9 Å². The van der Waals surface area contributed by atoms with E-state index in [4.69, 9.17) is 16.3 Å². The van der Waals surface area contributed by atoms with E-state index in [9.17, 15) is 9.59 Å². The second kappa shape index (κ2) is 8.54. The Morgan fingerprint density at radius 3 is 2.50 bits per heavy atom. The number of ether oxygens (including phenoxy) is 1. The Hall–Kier alpha value is -2.70. The largest absolute Gasteiger partial charge is 0.481 e. The van der Waals surface area contributed by atoms with Gasteiger partial charge in [0, 0.05) is 23.2 Å². The third-order valence-corrected chi connectivity index (χ3v) is 5.53. The lowest BCUT2D eigenvalue weighted by Crippen LogP contribution is -2.30. The number of thiazole rings is 1. The molecule has 0 fully saturated rings. The Balaban J connectivity index is 1.65. The normalized spacial score (nSPS) is 11.7. The zero-order valence-electron chi connectivity index (χ0n) is 15.7. The molecule has 0 unspecified atom stereocenters. The van der Waals surface area contributed by atoms with Crippen molar-refractivity contribution in [3.05, 3.63) is 64.1 Å². The van der Waals surface area contributed by atoms with Gasteiger partial charge in [0.25, 0.3) is 5.91 Å². The van der Waals surface area contributed by atoms with Crippen LogP contribution in [0.2, 0.25) is 5.02 Å². The summed E-state index contributed by atoms with van der Waals surface area (Å²) in [5, 5.41) is 4.10. The molecule has 1 atom stereocenters. The number of anilines is 1. The van der Waals surface area contributed by atoms with Crippen molar-refractivity contribution < 1.29 is 14.3 Å². The van der Waals surface area contributed by atoms with Crippen LogP contribution in [0, 0.1) is 6.92 Å². The number of nitrogens with zero attached hydrogens (tertiary/aromatic N) is 1. The minimum absolute atomic E-state index is 0.0146. The molecule has 0 aliphatic rings. The summed E-state index contributed by atoms with van der Waals surface area (Å²) in [4.78, 5) is 29.0. The number of carbonyl (C=O) groups is 2. The summed E-state index contributed by atoms with van der Waals surface area (Å²) in [6.07, 6.45) is -0.684. The summed E-state index contributed by atoms with van der Waals surface area (Å²) < 4.78 is 5.72. The van der Waals surface area contributed by atoms with Gasteiger partial charge in [-0.15, -0.1) is 11.3 Å². The maximum atomic E-state index is 12.3. The lowest BCUT2D eigenvalue weighted by molar-refractivity contribution is -0.122. The number of rotatable bonds is 6. The van der Waals surface area contributed by atoms with Gasteiger partial charge < -0.3 is 10.1 Å². The average molecular weight is 415 g/mol. The molecule has 3 rings (SSSR count). The highest BCUT2D eigenvalue weighted by Crippen LogP contribution is 2.29. The summed E-state index contributed by atoms with van der Waals surface area (Å²) in [5.74, 6) is 0.311. The van der Waals surface area contributed by atoms with Gasteiger partial charge in [0.1, 0.15) is 10.8 Å². The second-order valence-electron chi connectivity index (χ2n) is 6.27. The van der Waals surface area contributed by atoms with E-state index in [2.05, 4.69) is 10.3 Å². The predicted molar refractivity (Wildman–Crippen MR) is 112 cm³/mol. The summed E-state index contributed by atoms with van der Waals surface area (Å²) in [6, 6.07) is 14.2. The number of nitrogens with one attached hydrogen (secondary N) is 1. The minimum Gasteiger partial charge on any atom is -0.481 e. The van der Waals surface area contributed by atoms with Crippen LogP contribution in [0.4, 0.5) is 5.69 Å². The first-order chi connectivity index (χ1) is 13.3. The van der Waals surface area contributed by atoms with E-state index >= 15 is 0 Å². The molecule has 5 nitrogen and oxygen atoms in total. The number of ketones is 1. The van der Waals surface area contributed by atoms with Crippen LogP contribution in [0.1, 0.15) is 29.2 Å². The fraction of sp³-hybridized carbons (Fsp3) is 0.190. The van der Waals surface area contributed by atoms with Gasteiger partial charge in [-0.25, -0.2) is 4.98 Å². The maximum absolute atomic E-state index is 12.3. The van der Waals surface area contributed by atoms with Crippen LogP contribution in [0.15, 0.2) is 48.5 Å². The van der Waals surface area contributed by atoms with Gasteiger partial charge in [-0.2, -0.15) is 0 Å². The lowest BCUT2D eigenvalue weighted by atomic mass is 10.2. The van der Waals surface area contributed by atoms with Crippen LogP contribution >= 0.6 is 22.9 Å². The molecular weight excluding hydrogens is 396 g/mol. The molecule has 3 aromatic rings. The number of aryl methyl sites for hydroxylation is 1. The highest BCUT2D eigenvalue weighted by atomic mass is 35.5. The molecule has 1 N–H and O–H groups in total. The SMILES string of the molecule is CC(=O)c1sc(-c2ccc(O[C@@H](C)C(=O)Nc3cccc(Cl)c3)cc2)nc1C. The molecule has 28 heavy (non-hydrogen) atoms. The van der Waals surface area contributed by atoms with E-state index in [1.807, 2.05) is 19.1 Å². The number of amides is 1. The van der Waals surface area contributed by atoms with Crippen molar-refractivity contribution in [3.63, 3.8) is 0 Å². The molecule has 0 saturated heterocycles. The Kier molecular flexibility index (Phi) is 6.11. The fourth-order valence-electron chi connectivity index (χ4n) is 2.59. The number of Topliss-reactive ketones (excluding diaryl/α,β-unsaturated/α-hetero) is 1. The Morgan fingerprint density at radius 2 is 1.89 bits per heavy atom. The molecule has 0 aliphatic heterocycles. The summed E-state index contributed by atoms with van der Waals surface area (Å²) in [6.45, 7) is 5.04. The summed E-state index contributed by atoms with van der Waals surface area (Å²) >= 11 is 7.30. The zero-order valence-corrected chi connectivity index (χ0v) is 17.2. The number of halogens is 1. The van der Waals surface area contributed by atoms with E-state index in [1.54, 1.807) is 43.3 Å². The lowest BCUT2D eigenvalue weighted by Gasteiger charge is -2.15. The van der Waals surface area contributed by atoms with Gasteiger partial charge in [0.2, 0.25) is 0 Å². The van der Waals surface area contributed by atoms with E-state index < -0.39 is 6.10 Å². The first-order valence-electron chi connectivity index (χ1n) is 8.65. The number of benzene rings is 2. The van der Waals surface area contributed by atoms with Gasteiger partial charge in [-0.1, -0.05) is 17.7 Å². The molecule has 0 saturated carbocycles. The van der Waals surface area contributed by atoms with Crippen molar-refractivity contribution in [3.8, 4) is 16.3 Å².